The Kier molecular flexibility index (Phi) is 3.29. The van der Waals surface area contributed by atoms with Gasteiger partial charge in [0.25, 0.3) is 0 Å². The average Bonchev–Trinajstić information content (AvgIpc) is 3.07. The molecule has 2 aromatic rings. The van der Waals surface area contributed by atoms with Crippen molar-refractivity contribution >= 4 is 11.8 Å². The number of aromatic nitrogens is 4. The molecule has 2 heterocycles. The minimum Gasteiger partial charge on any atom is -0.332 e. The van der Waals surface area contributed by atoms with Gasteiger partial charge < -0.3 is 5.32 Å². The van der Waals surface area contributed by atoms with Gasteiger partial charge in [0, 0.05) is 24.0 Å². The van der Waals surface area contributed by atoms with E-state index in [-0.39, 0.29) is 11.6 Å². The molecule has 0 radical (unpaired) electrons. The second-order valence-corrected chi connectivity index (χ2v) is 8.01. The normalized spacial score (nSPS) is 32.6. The smallest absolute Gasteiger partial charge is 0.320 e. The Morgan fingerprint density at radius 2 is 1.84 bits per heavy atom. The highest BCUT2D eigenvalue weighted by atomic mass is 16.2. The molecule has 4 fully saturated rings. The summed E-state index contributed by atoms with van der Waals surface area (Å²) in [5, 5.41) is 6.18. The number of amides is 2. The summed E-state index contributed by atoms with van der Waals surface area (Å²) in [6.45, 7) is 0. The Labute approximate surface area is 146 Å². The first-order chi connectivity index (χ1) is 12.2. The summed E-state index contributed by atoms with van der Waals surface area (Å²) in [5.74, 6) is 3.59. The number of hydrogen-bond acceptors (Lipinski definition) is 4. The lowest BCUT2D eigenvalue weighted by atomic mass is 9.53. The summed E-state index contributed by atoms with van der Waals surface area (Å²) in [7, 11) is 0. The molecule has 0 aromatic carbocycles. The van der Waals surface area contributed by atoms with Crippen LogP contribution in [-0.4, -0.2) is 31.1 Å². The van der Waals surface area contributed by atoms with Crippen molar-refractivity contribution < 1.29 is 4.79 Å². The molecule has 4 bridgehead atoms. The standard InChI is InChI=1S/C18H22N6O/c25-17(22-15-6-16(21-10-20-15)24-2-1-19-11-24)23-18-7-12-3-13(8-18)5-14(4-12)9-18/h1-2,6,10-14H,3-5,7-9H2,(H2,20,21,22,23,25). The Balaban J connectivity index is 1.29. The van der Waals surface area contributed by atoms with Crippen molar-refractivity contribution in [1.29, 1.82) is 0 Å². The van der Waals surface area contributed by atoms with Crippen LogP contribution in [0.2, 0.25) is 0 Å². The first-order valence-electron chi connectivity index (χ1n) is 9.07. The maximum absolute atomic E-state index is 12.6. The van der Waals surface area contributed by atoms with Gasteiger partial charge in [0.1, 0.15) is 24.3 Å². The van der Waals surface area contributed by atoms with Crippen LogP contribution in [0.15, 0.2) is 31.1 Å². The van der Waals surface area contributed by atoms with Gasteiger partial charge in [-0.15, -0.1) is 0 Å². The molecule has 7 heteroatoms. The summed E-state index contributed by atoms with van der Waals surface area (Å²) in [6.07, 6.45) is 14.1. The lowest BCUT2D eigenvalue weighted by Gasteiger charge is -2.56. The first-order valence-corrected chi connectivity index (χ1v) is 9.07. The van der Waals surface area contributed by atoms with Crippen LogP contribution >= 0.6 is 0 Å². The van der Waals surface area contributed by atoms with Crippen LogP contribution < -0.4 is 10.6 Å². The van der Waals surface area contributed by atoms with E-state index in [2.05, 4.69) is 25.6 Å². The molecule has 4 saturated carbocycles. The van der Waals surface area contributed by atoms with Crippen LogP contribution in [-0.2, 0) is 0 Å². The lowest BCUT2D eigenvalue weighted by molar-refractivity contribution is -0.0127. The molecule has 25 heavy (non-hydrogen) atoms. The molecule has 0 spiro atoms. The number of hydrogen-bond donors (Lipinski definition) is 2. The molecular formula is C18H22N6O. The van der Waals surface area contributed by atoms with Crippen molar-refractivity contribution in [3.8, 4) is 5.82 Å². The summed E-state index contributed by atoms with van der Waals surface area (Å²) >= 11 is 0. The predicted molar refractivity (Wildman–Crippen MR) is 92.2 cm³/mol. The van der Waals surface area contributed by atoms with E-state index in [1.807, 2.05) is 6.20 Å². The number of anilines is 1. The molecule has 130 valence electrons. The third kappa shape index (κ3) is 2.77. The molecule has 0 unspecified atom stereocenters. The molecule has 4 aliphatic rings. The van der Waals surface area contributed by atoms with Gasteiger partial charge in [-0.05, 0) is 56.3 Å². The van der Waals surface area contributed by atoms with Crippen molar-refractivity contribution in [2.75, 3.05) is 5.32 Å². The van der Waals surface area contributed by atoms with Gasteiger partial charge in [-0.25, -0.2) is 19.7 Å². The Morgan fingerprint density at radius 1 is 1.12 bits per heavy atom. The van der Waals surface area contributed by atoms with E-state index in [9.17, 15) is 4.79 Å². The highest BCUT2D eigenvalue weighted by molar-refractivity contribution is 5.89. The summed E-state index contributed by atoms with van der Waals surface area (Å²) < 4.78 is 1.78. The molecule has 0 saturated heterocycles. The summed E-state index contributed by atoms with van der Waals surface area (Å²) in [4.78, 5) is 25.0. The van der Waals surface area contributed by atoms with Crippen LogP contribution in [0.4, 0.5) is 10.6 Å². The third-order valence-electron chi connectivity index (χ3n) is 6.08. The van der Waals surface area contributed by atoms with E-state index in [1.165, 1.54) is 25.6 Å². The summed E-state index contributed by atoms with van der Waals surface area (Å²) in [6, 6.07) is 1.60. The minimum atomic E-state index is -0.155. The Morgan fingerprint density at radius 3 is 2.48 bits per heavy atom. The second-order valence-electron chi connectivity index (χ2n) is 8.01. The Bertz CT molecular complexity index is 751. The van der Waals surface area contributed by atoms with E-state index in [0.717, 1.165) is 37.0 Å². The zero-order valence-electron chi connectivity index (χ0n) is 14.1. The number of carbonyl (C=O) groups excluding carboxylic acids is 1. The summed E-state index contributed by atoms with van der Waals surface area (Å²) in [5.41, 5.74) is -0.000951. The van der Waals surface area contributed by atoms with Crippen LogP contribution in [0.1, 0.15) is 38.5 Å². The lowest BCUT2D eigenvalue weighted by Crippen LogP contribution is -2.60. The maximum atomic E-state index is 12.6. The van der Waals surface area contributed by atoms with Gasteiger partial charge in [0.15, 0.2) is 0 Å². The van der Waals surface area contributed by atoms with Crippen molar-refractivity contribution in [3.05, 3.63) is 31.1 Å². The Hall–Kier alpha value is -2.44. The molecule has 0 aliphatic heterocycles. The van der Waals surface area contributed by atoms with E-state index >= 15 is 0 Å². The van der Waals surface area contributed by atoms with Gasteiger partial charge >= 0.3 is 6.03 Å². The number of imidazole rings is 1. The van der Waals surface area contributed by atoms with Crippen LogP contribution in [0.5, 0.6) is 0 Å². The van der Waals surface area contributed by atoms with Gasteiger partial charge in [-0.2, -0.15) is 0 Å². The molecule has 0 atom stereocenters. The number of carbonyl (C=O) groups is 1. The fourth-order valence-corrected chi connectivity index (χ4v) is 5.60. The van der Waals surface area contributed by atoms with E-state index in [4.69, 9.17) is 0 Å². The number of nitrogens with zero attached hydrogens (tertiary/aromatic N) is 4. The monoisotopic (exact) mass is 338 g/mol. The van der Waals surface area contributed by atoms with Crippen LogP contribution in [0.25, 0.3) is 5.82 Å². The molecule has 2 aromatic heterocycles. The molecule has 4 aliphatic carbocycles. The average molecular weight is 338 g/mol. The number of urea groups is 1. The molecule has 2 amide bonds. The highest BCUT2D eigenvalue weighted by Crippen LogP contribution is 2.55. The largest absolute Gasteiger partial charge is 0.332 e. The predicted octanol–water partition coefficient (Wildman–Crippen LogP) is 2.75. The van der Waals surface area contributed by atoms with Crippen molar-refractivity contribution in [1.82, 2.24) is 24.8 Å². The molecule has 2 N–H and O–H groups in total. The van der Waals surface area contributed by atoms with Gasteiger partial charge in [-0.1, -0.05) is 0 Å². The van der Waals surface area contributed by atoms with Crippen LogP contribution in [0.3, 0.4) is 0 Å². The van der Waals surface area contributed by atoms with E-state index in [0.29, 0.717) is 11.6 Å². The van der Waals surface area contributed by atoms with Gasteiger partial charge in [0.05, 0.1) is 0 Å². The molecular weight excluding hydrogens is 316 g/mol. The van der Waals surface area contributed by atoms with Crippen molar-refractivity contribution in [2.24, 2.45) is 17.8 Å². The minimum absolute atomic E-state index is 0.000951. The fraction of sp³-hybridized carbons (Fsp3) is 0.556. The second kappa shape index (κ2) is 5.54. The third-order valence-corrected chi connectivity index (χ3v) is 6.08. The van der Waals surface area contributed by atoms with Crippen molar-refractivity contribution in [2.45, 2.75) is 44.1 Å². The van der Waals surface area contributed by atoms with Crippen molar-refractivity contribution in [3.63, 3.8) is 0 Å². The first kappa shape index (κ1) is 14.9. The van der Waals surface area contributed by atoms with Gasteiger partial charge in [-0.3, -0.25) is 9.88 Å². The fourth-order valence-electron chi connectivity index (χ4n) is 5.60. The zero-order chi connectivity index (χ0) is 16.9. The van der Waals surface area contributed by atoms with E-state index < -0.39 is 0 Å². The quantitative estimate of drug-likeness (QED) is 0.901. The maximum Gasteiger partial charge on any atom is 0.320 e. The molecule has 6 rings (SSSR count). The SMILES string of the molecule is O=C(Nc1cc(-n2ccnc2)ncn1)NC12CC3CC(CC(C3)C1)C2. The van der Waals surface area contributed by atoms with Gasteiger partial charge in [0.2, 0.25) is 0 Å². The zero-order valence-corrected chi connectivity index (χ0v) is 14.1. The number of nitrogens with one attached hydrogen (secondary N) is 2. The topological polar surface area (TPSA) is 84.7 Å². The highest BCUT2D eigenvalue weighted by Gasteiger charge is 2.51. The number of rotatable bonds is 3. The molecule has 7 nitrogen and oxygen atoms in total. The van der Waals surface area contributed by atoms with Crippen LogP contribution in [0, 0.1) is 17.8 Å². The van der Waals surface area contributed by atoms with E-state index in [1.54, 1.807) is 23.2 Å².